The highest BCUT2D eigenvalue weighted by Crippen LogP contribution is 2.31. The molecular weight excluding hydrogens is 339 g/mol. The molecular formula is C19H17FN2O2S. The largest absolute Gasteiger partial charge is 0.469 e. The number of nitrogens with zero attached hydrogens (tertiary/aromatic N) is 1. The van der Waals surface area contributed by atoms with Gasteiger partial charge in [-0.05, 0) is 35.9 Å². The number of carbonyl (C=O) groups excluding carboxylic acids is 1. The molecule has 3 rings (SSSR count). The number of carbonyl (C=O) groups is 1. The molecule has 0 aliphatic carbocycles. The standard InChI is InChI=1S/C19H17FN2O2S/c1-24-19(23)11-15-10-18(22-17-8-3-2-7-16(17)21-15)25-12-13-5-4-6-14(20)9-13/h2-10,21H,11-12H2,1H3. The van der Waals surface area contributed by atoms with Gasteiger partial charge in [-0.1, -0.05) is 24.3 Å². The van der Waals surface area contributed by atoms with Crippen molar-refractivity contribution in [3.63, 3.8) is 0 Å². The van der Waals surface area contributed by atoms with Gasteiger partial charge in [0, 0.05) is 11.4 Å². The van der Waals surface area contributed by atoms with Crippen molar-refractivity contribution < 1.29 is 13.9 Å². The fraction of sp³-hybridized carbons (Fsp3) is 0.158. The molecule has 128 valence electrons. The molecule has 0 aromatic heterocycles. The van der Waals surface area contributed by atoms with E-state index in [2.05, 4.69) is 10.3 Å². The monoisotopic (exact) mass is 356 g/mol. The van der Waals surface area contributed by atoms with E-state index in [-0.39, 0.29) is 18.2 Å². The van der Waals surface area contributed by atoms with Crippen molar-refractivity contribution in [2.24, 2.45) is 4.99 Å². The molecule has 0 spiro atoms. The van der Waals surface area contributed by atoms with Gasteiger partial charge in [0.25, 0.3) is 0 Å². The molecule has 4 nitrogen and oxygen atoms in total. The second-order valence-electron chi connectivity index (χ2n) is 5.43. The van der Waals surface area contributed by atoms with Gasteiger partial charge in [0.05, 0.1) is 29.9 Å². The first-order chi connectivity index (χ1) is 12.1. The van der Waals surface area contributed by atoms with Crippen LogP contribution in [-0.2, 0) is 15.3 Å². The number of benzene rings is 2. The van der Waals surface area contributed by atoms with E-state index in [1.165, 1.54) is 31.0 Å². The molecule has 2 aromatic rings. The van der Waals surface area contributed by atoms with Crippen LogP contribution >= 0.6 is 11.8 Å². The van der Waals surface area contributed by atoms with Gasteiger partial charge in [-0.25, -0.2) is 9.38 Å². The van der Waals surface area contributed by atoms with E-state index in [9.17, 15) is 9.18 Å². The normalized spacial score (nSPS) is 13.0. The minimum absolute atomic E-state index is 0.129. The van der Waals surface area contributed by atoms with E-state index in [1.807, 2.05) is 36.4 Å². The smallest absolute Gasteiger partial charge is 0.311 e. The van der Waals surface area contributed by atoms with Crippen LogP contribution < -0.4 is 5.32 Å². The Bertz CT molecular complexity index is 849. The van der Waals surface area contributed by atoms with Crippen LogP contribution in [0.15, 0.2) is 65.3 Å². The number of fused-ring (bicyclic) bond motifs is 1. The number of esters is 1. The topological polar surface area (TPSA) is 50.7 Å². The zero-order valence-electron chi connectivity index (χ0n) is 13.7. The highest BCUT2D eigenvalue weighted by molar-refractivity contribution is 8.13. The van der Waals surface area contributed by atoms with Gasteiger partial charge in [-0.2, -0.15) is 0 Å². The van der Waals surface area contributed by atoms with Gasteiger partial charge in [-0.15, -0.1) is 11.8 Å². The van der Waals surface area contributed by atoms with E-state index in [0.717, 1.165) is 22.0 Å². The summed E-state index contributed by atoms with van der Waals surface area (Å²) in [7, 11) is 1.36. The van der Waals surface area contributed by atoms with Crippen LogP contribution in [0.4, 0.5) is 15.8 Å². The molecule has 0 atom stereocenters. The molecule has 1 aliphatic rings. The van der Waals surface area contributed by atoms with Crippen molar-refractivity contribution in [2.75, 3.05) is 12.4 Å². The molecule has 0 radical (unpaired) electrons. The van der Waals surface area contributed by atoms with Crippen molar-refractivity contribution >= 4 is 34.1 Å². The Morgan fingerprint density at radius 1 is 1.24 bits per heavy atom. The summed E-state index contributed by atoms with van der Waals surface area (Å²) in [6, 6.07) is 14.1. The Kier molecular flexibility index (Phi) is 5.50. The number of ether oxygens (including phenoxy) is 1. The predicted molar refractivity (Wildman–Crippen MR) is 99.6 cm³/mol. The maximum atomic E-state index is 13.3. The lowest BCUT2D eigenvalue weighted by Gasteiger charge is -2.09. The summed E-state index contributed by atoms with van der Waals surface area (Å²) in [5.74, 6) is 0.00303. The number of aliphatic imine (C=N–C) groups is 1. The van der Waals surface area contributed by atoms with Crippen LogP contribution in [0.25, 0.3) is 0 Å². The molecule has 6 heteroatoms. The molecule has 25 heavy (non-hydrogen) atoms. The summed E-state index contributed by atoms with van der Waals surface area (Å²) in [5, 5.41) is 3.98. The SMILES string of the molecule is COC(=O)CC1=CC(SCc2cccc(F)c2)=Nc2ccccc2N1. The number of hydrogen-bond donors (Lipinski definition) is 1. The summed E-state index contributed by atoms with van der Waals surface area (Å²) in [5.41, 5.74) is 3.21. The number of thioether (sulfide) groups is 1. The van der Waals surface area contributed by atoms with Crippen LogP contribution in [0.1, 0.15) is 12.0 Å². The van der Waals surface area contributed by atoms with Crippen molar-refractivity contribution in [1.29, 1.82) is 0 Å². The van der Waals surface area contributed by atoms with E-state index in [4.69, 9.17) is 4.74 Å². The first kappa shape index (κ1) is 17.2. The van der Waals surface area contributed by atoms with Gasteiger partial charge >= 0.3 is 5.97 Å². The van der Waals surface area contributed by atoms with Crippen LogP contribution in [0.2, 0.25) is 0 Å². The summed E-state index contributed by atoms with van der Waals surface area (Å²) in [4.78, 5) is 16.3. The number of nitrogens with one attached hydrogen (secondary N) is 1. The lowest BCUT2D eigenvalue weighted by molar-refractivity contribution is -0.139. The summed E-state index contributed by atoms with van der Waals surface area (Å²) < 4.78 is 18.1. The third-order valence-corrected chi connectivity index (χ3v) is 4.55. The Balaban J connectivity index is 1.84. The van der Waals surface area contributed by atoms with Crippen molar-refractivity contribution in [3.8, 4) is 0 Å². The van der Waals surface area contributed by atoms with E-state index >= 15 is 0 Å². The average molecular weight is 356 g/mol. The third kappa shape index (κ3) is 4.70. The first-order valence-corrected chi connectivity index (χ1v) is 8.72. The molecule has 0 saturated carbocycles. The zero-order valence-corrected chi connectivity index (χ0v) is 14.5. The van der Waals surface area contributed by atoms with E-state index in [1.54, 1.807) is 6.07 Å². The fourth-order valence-electron chi connectivity index (χ4n) is 2.37. The second kappa shape index (κ2) is 7.98. The Labute approximate surface area is 149 Å². The maximum absolute atomic E-state index is 13.3. The zero-order chi connectivity index (χ0) is 17.6. The van der Waals surface area contributed by atoms with Gasteiger partial charge < -0.3 is 10.1 Å². The molecule has 2 aromatic carbocycles. The Morgan fingerprint density at radius 2 is 2.08 bits per heavy atom. The molecule has 0 bridgehead atoms. The average Bonchev–Trinajstić information content (AvgIpc) is 2.78. The van der Waals surface area contributed by atoms with Crippen molar-refractivity contribution in [3.05, 3.63) is 71.7 Å². The van der Waals surface area contributed by atoms with Crippen molar-refractivity contribution in [1.82, 2.24) is 0 Å². The lowest BCUT2D eigenvalue weighted by atomic mass is 10.2. The van der Waals surface area contributed by atoms with Gasteiger partial charge in [-0.3, -0.25) is 4.79 Å². The highest BCUT2D eigenvalue weighted by atomic mass is 32.2. The molecule has 1 heterocycles. The van der Waals surface area contributed by atoms with Gasteiger partial charge in [0.15, 0.2) is 0 Å². The summed E-state index contributed by atoms with van der Waals surface area (Å²) in [6.45, 7) is 0. The Morgan fingerprint density at radius 3 is 2.88 bits per heavy atom. The van der Waals surface area contributed by atoms with Crippen molar-refractivity contribution in [2.45, 2.75) is 12.2 Å². The maximum Gasteiger partial charge on any atom is 0.311 e. The number of methoxy groups -OCH3 is 1. The first-order valence-electron chi connectivity index (χ1n) is 7.73. The fourth-order valence-corrected chi connectivity index (χ4v) is 3.25. The van der Waals surface area contributed by atoms with Crippen LogP contribution in [0, 0.1) is 5.82 Å². The molecule has 0 saturated heterocycles. The summed E-state index contributed by atoms with van der Waals surface area (Å²) >= 11 is 1.49. The van der Waals surface area contributed by atoms with Gasteiger partial charge in [0.2, 0.25) is 0 Å². The van der Waals surface area contributed by atoms with E-state index in [0.29, 0.717) is 11.4 Å². The number of anilines is 1. The van der Waals surface area contributed by atoms with Crippen LogP contribution in [0.3, 0.4) is 0 Å². The number of hydrogen-bond acceptors (Lipinski definition) is 5. The molecule has 0 unspecified atom stereocenters. The predicted octanol–water partition coefficient (Wildman–Crippen LogP) is 4.66. The quantitative estimate of drug-likeness (QED) is 0.810. The number of halogens is 1. The molecule has 0 amide bonds. The van der Waals surface area contributed by atoms with Crippen LogP contribution in [0.5, 0.6) is 0 Å². The minimum atomic E-state index is -0.326. The molecule has 0 fully saturated rings. The molecule has 1 N–H and O–H groups in total. The highest BCUT2D eigenvalue weighted by Gasteiger charge is 2.14. The summed E-state index contributed by atoms with van der Waals surface area (Å²) in [6.07, 6.45) is 1.96. The molecule has 1 aliphatic heterocycles. The van der Waals surface area contributed by atoms with Crippen LogP contribution in [-0.4, -0.2) is 18.1 Å². The Hall–Kier alpha value is -2.60. The number of para-hydroxylation sites is 2. The number of rotatable bonds is 4. The minimum Gasteiger partial charge on any atom is -0.469 e. The lowest BCUT2D eigenvalue weighted by Crippen LogP contribution is -2.08. The van der Waals surface area contributed by atoms with E-state index < -0.39 is 0 Å². The third-order valence-electron chi connectivity index (χ3n) is 3.57. The van der Waals surface area contributed by atoms with Gasteiger partial charge in [0.1, 0.15) is 5.82 Å². The second-order valence-corrected chi connectivity index (χ2v) is 6.43.